The number of aryl methyl sites for hydroxylation is 2. The first-order chi connectivity index (χ1) is 12.3. The minimum Gasteiger partial charge on any atom is -0.490 e. The minimum absolute atomic E-state index is 0.0270. The van der Waals surface area contributed by atoms with Crippen molar-refractivity contribution in [2.24, 2.45) is 0 Å². The minimum atomic E-state index is -0.841. The van der Waals surface area contributed by atoms with Gasteiger partial charge in [-0.05, 0) is 37.6 Å². The van der Waals surface area contributed by atoms with Crippen LogP contribution < -0.4 is 10.1 Å². The monoisotopic (exact) mass is 358 g/mol. The van der Waals surface area contributed by atoms with E-state index >= 15 is 0 Å². The van der Waals surface area contributed by atoms with Gasteiger partial charge in [-0.3, -0.25) is 14.9 Å². The van der Waals surface area contributed by atoms with Crippen molar-refractivity contribution in [2.45, 2.75) is 13.8 Å². The van der Waals surface area contributed by atoms with E-state index in [1.807, 2.05) is 26.0 Å². The van der Waals surface area contributed by atoms with Crippen LogP contribution in [-0.4, -0.2) is 30.5 Å². The van der Waals surface area contributed by atoms with Gasteiger partial charge in [-0.2, -0.15) is 0 Å². The van der Waals surface area contributed by atoms with Crippen LogP contribution in [0.25, 0.3) is 0 Å². The molecule has 2 rings (SSSR count). The number of nitrogens with zero attached hydrogens (tertiary/aromatic N) is 1. The number of amides is 1. The van der Waals surface area contributed by atoms with Crippen LogP contribution in [0.4, 0.5) is 11.4 Å². The first-order valence-corrected chi connectivity index (χ1v) is 7.68. The number of ether oxygens (including phenoxy) is 2. The van der Waals surface area contributed by atoms with Gasteiger partial charge < -0.3 is 14.8 Å². The SMILES string of the molecule is COc1ccc(C(=O)OCC(=O)Nc2ccc(C)cc2C)cc1[N+](=O)[O-]. The second kappa shape index (κ2) is 8.11. The summed E-state index contributed by atoms with van der Waals surface area (Å²) in [7, 11) is 1.29. The molecular weight excluding hydrogens is 340 g/mol. The fourth-order valence-electron chi connectivity index (χ4n) is 2.31. The summed E-state index contributed by atoms with van der Waals surface area (Å²) >= 11 is 0. The maximum absolute atomic E-state index is 12.0. The van der Waals surface area contributed by atoms with Gasteiger partial charge in [0, 0.05) is 11.8 Å². The lowest BCUT2D eigenvalue weighted by molar-refractivity contribution is -0.385. The summed E-state index contributed by atoms with van der Waals surface area (Å²) in [6.45, 7) is 3.28. The third kappa shape index (κ3) is 4.56. The Labute approximate surface area is 149 Å². The van der Waals surface area contributed by atoms with Crippen LogP contribution in [0.5, 0.6) is 5.75 Å². The number of rotatable bonds is 6. The van der Waals surface area contributed by atoms with Crippen molar-refractivity contribution in [3.63, 3.8) is 0 Å². The number of carbonyl (C=O) groups is 2. The molecule has 0 aromatic heterocycles. The Kier molecular flexibility index (Phi) is 5.90. The predicted molar refractivity (Wildman–Crippen MR) is 94.5 cm³/mol. The Morgan fingerprint density at radius 1 is 1.15 bits per heavy atom. The summed E-state index contributed by atoms with van der Waals surface area (Å²) in [4.78, 5) is 34.3. The molecule has 0 aliphatic rings. The Morgan fingerprint density at radius 2 is 1.88 bits per heavy atom. The average Bonchev–Trinajstić information content (AvgIpc) is 2.61. The molecule has 0 unspecified atom stereocenters. The molecule has 136 valence electrons. The number of nitrogens with one attached hydrogen (secondary N) is 1. The van der Waals surface area contributed by atoms with Crippen molar-refractivity contribution in [3.05, 3.63) is 63.2 Å². The number of methoxy groups -OCH3 is 1. The molecule has 0 atom stereocenters. The van der Waals surface area contributed by atoms with Crippen molar-refractivity contribution in [1.29, 1.82) is 0 Å². The molecule has 0 radical (unpaired) electrons. The number of esters is 1. The second-order valence-electron chi connectivity index (χ2n) is 5.59. The van der Waals surface area contributed by atoms with Crippen molar-refractivity contribution >= 4 is 23.3 Å². The van der Waals surface area contributed by atoms with Crippen LogP contribution in [0.1, 0.15) is 21.5 Å². The highest BCUT2D eigenvalue weighted by Gasteiger charge is 2.19. The van der Waals surface area contributed by atoms with Gasteiger partial charge in [-0.25, -0.2) is 4.79 Å². The van der Waals surface area contributed by atoms with E-state index in [2.05, 4.69) is 5.32 Å². The van der Waals surface area contributed by atoms with Gasteiger partial charge in [0.25, 0.3) is 5.91 Å². The number of hydrogen-bond donors (Lipinski definition) is 1. The summed E-state index contributed by atoms with van der Waals surface area (Å²) in [5.41, 5.74) is 2.17. The molecule has 0 saturated heterocycles. The van der Waals surface area contributed by atoms with Crippen LogP contribution in [0, 0.1) is 24.0 Å². The number of carbonyl (C=O) groups excluding carboxylic acids is 2. The fourth-order valence-corrected chi connectivity index (χ4v) is 2.31. The van der Waals surface area contributed by atoms with Crippen molar-refractivity contribution in [1.82, 2.24) is 0 Å². The van der Waals surface area contributed by atoms with E-state index in [1.54, 1.807) is 6.07 Å². The van der Waals surface area contributed by atoms with Gasteiger partial charge in [0.1, 0.15) is 0 Å². The lowest BCUT2D eigenvalue weighted by atomic mass is 10.1. The summed E-state index contributed by atoms with van der Waals surface area (Å²) in [5.74, 6) is -1.32. The molecule has 2 aromatic carbocycles. The Morgan fingerprint density at radius 3 is 2.50 bits per heavy atom. The average molecular weight is 358 g/mol. The van der Waals surface area contributed by atoms with Crippen LogP contribution in [0.3, 0.4) is 0 Å². The molecule has 0 fully saturated rings. The number of nitro groups is 1. The van der Waals surface area contributed by atoms with E-state index in [0.717, 1.165) is 17.2 Å². The van der Waals surface area contributed by atoms with Gasteiger partial charge in [0.2, 0.25) is 0 Å². The van der Waals surface area contributed by atoms with E-state index in [0.29, 0.717) is 5.69 Å². The maximum Gasteiger partial charge on any atom is 0.338 e. The topological polar surface area (TPSA) is 108 Å². The fraction of sp³-hybridized carbons (Fsp3) is 0.222. The van der Waals surface area contributed by atoms with E-state index in [9.17, 15) is 19.7 Å². The van der Waals surface area contributed by atoms with Gasteiger partial charge >= 0.3 is 11.7 Å². The maximum atomic E-state index is 12.0. The Hall–Kier alpha value is -3.42. The van der Waals surface area contributed by atoms with Gasteiger partial charge in [-0.15, -0.1) is 0 Å². The largest absolute Gasteiger partial charge is 0.490 e. The quantitative estimate of drug-likeness (QED) is 0.483. The third-order valence-corrected chi connectivity index (χ3v) is 3.60. The zero-order chi connectivity index (χ0) is 19.3. The van der Waals surface area contributed by atoms with Crippen LogP contribution in [-0.2, 0) is 9.53 Å². The molecule has 1 N–H and O–H groups in total. The van der Waals surface area contributed by atoms with Gasteiger partial charge in [0.15, 0.2) is 12.4 Å². The lowest BCUT2D eigenvalue weighted by Gasteiger charge is -2.10. The summed E-state index contributed by atoms with van der Waals surface area (Å²) in [5, 5.41) is 13.6. The molecule has 8 nitrogen and oxygen atoms in total. The number of hydrogen-bond acceptors (Lipinski definition) is 6. The first-order valence-electron chi connectivity index (χ1n) is 7.68. The lowest BCUT2D eigenvalue weighted by Crippen LogP contribution is -2.21. The standard InChI is InChI=1S/C18H18N2O6/c1-11-4-6-14(12(2)8-11)19-17(21)10-26-18(22)13-5-7-16(25-3)15(9-13)20(23)24/h4-9H,10H2,1-3H3,(H,19,21). The van der Waals surface area contributed by atoms with E-state index in [4.69, 9.17) is 9.47 Å². The van der Waals surface area contributed by atoms with Gasteiger partial charge in [0.05, 0.1) is 17.6 Å². The first kappa shape index (κ1) is 18.9. The molecule has 0 aliphatic heterocycles. The molecule has 26 heavy (non-hydrogen) atoms. The molecule has 0 spiro atoms. The highest BCUT2D eigenvalue weighted by molar-refractivity contribution is 5.96. The molecule has 2 aromatic rings. The highest BCUT2D eigenvalue weighted by atomic mass is 16.6. The highest BCUT2D eigenvalue weighted by Crippen LogP contribution is 2.27. The van der Waals surface area contributed by atoms with Crippen molar-refractivity contribution in [3.8, 4) is 5.75 Å². The van der Waals surface area contributed by atoms with Gasteiger partial charge in [-0.1, -0.05) is 17.7 Å². The van der Waals surface area contributed by atoms with E-state index < -0.39 is 23.4 Å². The summed E-state index contributed by atoms with van der Waals surface area (Å²) in [6, 6.07) is 9.20. The van der Waals surface area contributed by atoms with Crippen molar-refractivity contribution in [2.75, 3.05) is 19.0 Å². The molecule has 0 bridgehead atoms. The molecule has 0 saturated carbocycles. The molecule has 0 aliphatic carbocycles. The van der Waals surface area contributed by atoms with Crippen molar-refractivity contribution < 1.29 is 24.0 Å². The van der Waals surface area contributed by atoms with Crippen LogP contribution in [0.2, 0.25) is 0 Å². The zero-order valence-corrected chi connectivity index (χ0v) is 14.6. The third-order valence-electron chi connectivity index (χ3n) is 3.60. The Balaban J connectivity index is 2.00. The molecular formula is C18H18N2O6. The molecule has 1 amide bonds. The summed E-state index contributed by atoms with van der Waals surface area (Å²) in [6.07, 6.45) is 0. The second-order valence-corrected chi connectivity index (χ2v) is 5.59. The molecule has 0 heterocycles. The van der Waals surface area contributed by atoms with E-state index in [-0.39, 0.29) is 17.0 Å². The molecule has 8 heteroatoms. The summed E-state index contributed by atoms with van der Waals surface area (Å²) < 4.78 is 9.79. The zero-order valence-electron chi connectivity index (χ0n) is 14.6. The van der Waals surface area contributed by atoms with E-state index in [1.165, 1.54) is 19.2 Å². The Bertz CT molecular complexity index is 863. The number of benzene rings is 2. The number of nitro benzene ring substituents is 1. The predicted octanol–water partition coefficient (Wildman–Crippen LogP) is 3.02. The number of anilines is 1. The smallest absolute Gasteiger partial charge is 0.338 e. The van der Waals surface area contributed by atoms with Crippen LogP contribution in [0.15, 0.2) is 36.4 Å². The normalized spacial score (nSPS) is 10.1. The van der Waals surface area contributed by atoms with Crippen LogP contribution >= 0.6 is 0 Å².